The van der Waals surface area contributed by atoms with E-state index in [-0.39, 0.29) is 5.91 Å². The van der Waals surface area contributed by atoms with Crippen molar-refractivity contribution in [2.24, 2.45) is 7.05 Å². The van der Waals surface area contributed by atoms with Crippen molar-refractivity contribution in [3.63, 3.8) is 0 Å². The SMILES string of the molecule is Cc1nn(C)c(C)c1C(=O)N1CCCC1CCCBr. The van der Waals surface area contributed by atoms with Gasteiger partial charge in [0.25, 0.3) is 5.91 Å². The van der Waals surface area contributed by atoms with Gasteiger partial charge in [-0.15, -0.1) is 0 Å². The zero-order valence-corrected chi connectivity index (χ0v) is 13.5. The average molecular weight is 328 g/mol. The van der Waals surface area contributed by atoms with E-state index in [9.17, 15) is 4.79 Å². The number of halogens is 1. The topological polar surface area (TPSA) is 38.1 Å². The van der Waals surface area contributed by atoms with Gasteiger partial charge in [0.15, 0.2) is 0 Å². The van der Waals surface area contributed by atoms with E-state index in [4.69, 9.17) is 0 Å². The molecule has 2 heterocycles. The molecule has 1 unspecified atom stereocenters. The predicted molar refractivity (Wildman–Crippen MR) is 79.8 cm³/mol. The normalized spacial score (nSPS) is 19.2. The van der Waals surface area contributed by atoms with Gasteiger partial charge in [0.05, 0.1) is 11.3 Å². The summed E-state index contributed by atoms with van der Waals surface area (Å²) in [5.74, 6) is 0.167. The number of rotatable bonds is 4. The van der Waals surface area contributed by atoms with Crippen molar-refractivity contribution in [1.82, 2.24) is 14.7 Å². The maximum Gasteiger partial charge on any atom is 0.257 e. The molecule has 0 bridgehead atoms. The van der Waals surface area contributed by atoms with Crippen LogP contribution in [0, 0.1) is 13.8 Å². The molecule has 1 aliphatic rings. The van der Waals surface area contributed by atoms with E-state index in [1.165, 1.54) is 0 Å². The fraction of sp³-hybridized carbons (Fsp3) is 0.714. The van der Waals surface area contributed by atoms with E-state index < -0.39 is 0 Å². The molecule has 1 atom stereocenters. The van der Waals surface area contributed by atoms with E-state index in [2.05, 4.69) is 25.9 Å². The number of nitrogens with zero attached hydrogens (tertiary/aromatic N) is 3. The van der Waals surface area contributed by atoms with Crippen LogP contribution in [-0.4, -0.2) is 38.5 Å². The first-order chi connectivity index (χ1) is 9.06. The second-order valence-electron chi connectivity index (χ2n) is 5.30. The second kappa shape index (κ2) is 6.07. The summed E-state index contributed by atoms with van der Waals surface area (Å²) in [6.45, 7) is 4.78. The lowest BCUT2D eigenvalue weighted by Crippen LogP contribution is -2.36. The average Bonchev–Trinajstić information content (AvgIpc) is 2.92. The monoisotopic (exact) mass is 327 g/mol. The summed E-state index contributed by atoms with van der Waals surface area (Å²) in [6.07, 6.45) is 4.48. The van der Waals surface area contributed by atoms with Crippen molar-refractivity contribution in [2.75, 3.05) is 11.9 Å². The lowest BCUT2D eigenvalue weighted by Gasteiger charge is -2.24. The van der Waals surface area contributed by atoms with Crippen molar-refractivity contribution in [3.8, 4) is 0 Å². The number of carbonyl (C=O) groups is 1. The number of aryl methyl sites for hydroxylation is 2. The van der Waals surface area contributed by atoms with Gasteiger partial charge in [-0.2, -0.15) is 5.10 Å². The van der Waals surface area contributed by atoms with Crippen LogP contribution < -0.4 is 0 Å². The van der Waals surface area contributed by atoms with Crippen LogP contribution in [0.3, 0.4) is 0 Å². The molecule has 1 fully saturated rings. The van der Waals surface area contributed by atoms with Crippen LogP contribution in [0.5, 0.6) is 0 Å². The van der Waals surface area contributed by atoms with E-state index in [1.54, 1.807) is 4.68 Å². The molecule has 4 nitrogen and oxygen atoms in total. The summed E-state index contributed by atoms with van der Waals surface area (Å²) < 4.78 is 1.80. The Kier molecular flexibility index (Phi) is 4.66. The van der Waals surface area contributed by atoms with Gasteiger partial charge in [-0.25, -0.2) is 0 Å². The Morgan fingerprint density at radius 1 is 1.47 bits per heavy atom. The molecule has 5 heteroatoms. The smallest absolute Gasteiger partial charge is 0.257 e. The Morgan fingerprint density at radius 3 is 2.79 bits per heavy atom. The molecule has 2 rings (SSSR count). The molecule has 1 amide bonds. The fourth-order valence-electron chi connectivity index (χ4n) is 2.94. The third kappa shape index (κ3) is 2.86. The molecule has 0 radical (unpaired) electrons. The van der Waals surface area contributed by atoms with Crippen molar-refractivity contribution in [1.29, 1.82) is 0 Å². The number of aromatic nitrogens is 2. The van der Waals surface area contributed by atoms with Crippen molar-refractivity contribution < 1.29 is 4.79 Å². The molecule has 1 aromatic rings. The molecule has 0 N–H and O–H groups in total. The summed E-state index contributed by atoms with van der Waals surface area (Å²) in [4.78, 5) is 14.8. The summed E-state index contributed by atoms with van der Waals surface area (Å²) in [7, 11) is 1.89. The second-order valence-corrected chi connectivity index (χ2v) is 6.09. The minimum absolute atomic E-state index is 0.167. The number of amides is 1. The maximum absolute atomic E-state index is 12.7. The molecule has 0 saturated carbocycles. The van der Waals surface area contributed by atoms with Gasteiger partial charge in [-0.05, 0) is 39.5 Å². The van der Waals surface area contributed by atoms with E-state index in [0.717, 1.165) is 54.5 Å². The standard InChI is InChI=1S/C14H22BrN3O/c1-10-13(11(2)17(3)16-10)14(19)18-9-5-7-12(18)6-4-8-15/h12H,4-9H2,1-3H3. The molecular weight excluding hydrogens is 306 g/mol. The number of carbonyl (C=O) groups excluding carboxylic acids is 1. The van der Waals surface area contributed by atoms with Crippen LogP contribution in [-0.2, 0) is 7.05 Å². The third-order valence-electron chi connectivity index (χ3n) is 4.03. The molecule has 1 aromatic heterocycles. The molecule has 0 aromatic carbocycles. The number of alkyl halides is 1. The van der Waals surface area contributed by atoms with Crippen LogP contribution in [0.1, 0.15) is 47.4 Å². The molecule has 0 aliphatic carbocycles. The van der Waals surface area contributed by atoms with Gasteiger partial charge in [0.1, 0.15) is 0 Å². The Balaban J connectivity index is 2.18. The van der Waals surface area contributed by atoms with Crippen LogP contribution in [0.2, 0.25) is 0 Å². The predicted octanol–water partition coefficient (Wildman–Crippen LogP) is 2.82. The van der Waals surface area contributed by atoms with Crippen molar-refractivity contribution in [3.05, 3.63) is 17.0 Å². The van der Waals surface area contributed by atoms with Crippen molar-refractivity contribution in [2.45, 2.75) is 45.6 Å². The van der Waals surface area contributed by atoms with Gasteiger partial charge >= 0.3 is 0 Å². The third-order valence-corrected chi connectivity index (χ3v) is 4.59. The Hall–Kier alpha value is -0.840. The zero-order valence-electron chi connectivity index (χ0n) is 11.9. The van der Waals surface area contributed by atoms with Crippen LogP contribution in [0.25, 0.3) is 0 Å². The largest absolute Gasteiger partial charge is 0.336 e. The van der Waals surface area contributed by atoms with Gasteiger partial charge in [0.2, 0.25) is 0 Å². The molecular formula is C14H22BrN3O. The van der Waals surface area contributed by atoms with E-state index in [1.807, 2.05) is 20.9 Å². The Labute approximate surface area is 123 Å². The van der Waals surface area contributed by atoms with Gasteiger partial charge in [-0.1, -0.05) is 15.9 Å². The zero-order chi connectivity index (χ0) is 14.0. The Bertz CT molecular complexity index is 470. The van der Waals surface area contributed by atoms with Gasteiger partial charge < -0.3 is 4.90 Å². The number of likely N-dealkylation sites (tertiary alicyclic amines) is 1. The quantitative estimate of drug-likeness (QED) is 0.797. The van der Waals surface area contributed by atoms with Crippen LogP contribution in [0.4, 0.5) is 0 Å². The molecule has 106 valence electrons. The highest BCUT2D eigenvalue weighted by Gasteiger charge is 2.31. The first-order valence-corrected chi connectivity index (χ1v) is 8.05. The highest BCUT2D eigenvalue weighted by Crippen LogP contribution is 2.25. The molecule has 19 heavy (non-hydrogen) atoms. The molecule has 1 aliphatic heterocycles. The number of hydrogen-bond donors (Lipinski definition) is 0. The highest BCUT2D eigenvalue weighted by atomic mass is 79.9. The summed E-state index contributed by atoms with van der Waals surface area (Å²) in [5.41, 5.74) is 2.61. The molecule has 1 saturated heterocycles. The number of hydrogen-bond acceptors (Lipinski definition) is 2. The fourth-order valence-corrected chi connectivity index (χ4v) is 3.27. The van der Waals surface area contributed by atoms with Gasteiger partial charge in [-0.3, -0.25) is 9.48 Å². The minimum Gasteiger partial charge on any atom is -0.336 e. The van der Waals surface area contributed by atoms with Crippen LogP contribution in [0.15, 0.2) is 0 Å². The van der Waals surface area contributed by atoms with Gasteiger partial charge in [0, 0.05) is 30.7 Å². The summed E-state index contributed by atoms with van der Waals surface area (Å²) in [5, 5.41) is 5.36. The van der Waals surface area contributed by atoms with Crippen molar-refractivity contribution >= 4 is 21.8 Å². The van der Waals surface area contributed by atoms with Crippen LogP contribution >= 0.6 is 15.9 Å². The van der Waals surface area contributed by atoms with E-state index >= 15 is 0 Å². The first kappa shape index (κ1) is 14.6. The highest BCUT2D eigenvalue weighted by molar-refractivity contribution is 9.09. The first-order valence-electron chi connectivity index (χ1n) is 6.93. The summed E-state index contributed by atoms with van der Waals surface area (Å²) in [6, 6.07) is 0.407. The summed E-state index contributed by atoms with van der Waals surface area (Å²) >= 11 is 3.47. The molecule has 0 spiro atoms. The lowest BCUT2D eigenvalue weighted by molar-refractivity contribution is 0.0728. The van der Waals surface area contributed by atoms with E-state index in [0.29, 0.717) is 6.04 Å². The lowest BCUT2D eigenvalue weighted by atomic mass is 10.1. The maximum atomic E-state index is 12.7. The minimum atomic E-state index is 0.167. The Morgan fingerprint density at radius 2 is 2.21 bits per heavy atom.